The van der Waals surface area contributed by atoms with Crippen LogP contribution in [0.1, 0.15) is 293 Å². The van der Waals surface area contributed by atoms with Crippen LogP contribution in [0.4, 0.5) is 15.3 Å². The van der Waals surface area contributed by atoms with Gasteiger partial charge in [0.15, 0.2) is 17.3 Å². The predicted octanol–water partition coefficient (Wildman–Crippen LogP) is 25.0. The molecule has 141 heavy (non-hydrogen) atoms. The molecule has 4 aromatic heterocycles. The zero-order chi connectivity index (χ0) is 104. The number of pyridine rings is 3. The summed E-state index contributed by atoms with van der Waals surface area (Å²) in [7, 11) is 10.5. The van der Waals surface area contributed by atoms with Crippen LogP contribution in [0.15, 0.2) is 170 Å². The van der Waals surface area contributed by atoms with E-state index in [9.17, 15) is 48.6 Å². The Morgan fingerprint density at radius 2 is 0.957 bits per heavy atom. The van der Waals surface area contributed by atoms with Gasteiger partial charge in [-0.15, -0.1) is 11.3 Å². The number of carbonyl (C=O) groups is 8. The van der Waals surface area contributed by atoms with Gasteiger partial charge in [-0.3, -0.25) is 34.0 Å². The molecule has 2 saturated carbocycles. The summed E-state index contributed by atoms with van der Waals surface area (Å²) in [6.07, 6.45) is 20.9. The Hall–Kier alpha value is -11.0. The highest BCUT2D eigenvalue weighted by atomic mass is 32.1. The van der Waals surface area contributed by atoms with Crippen LogP contribution in [-0.2, 0) is 60.9 Å². The number of anilines is 1. The third kappa shape index (κ3) is 43.4. The molecule has 7 heterocycles. The van der Waals surface area contributed by atoms with E-state index in [1.807, 2.05) is 133 Å². The second-order valence-electron chi connectivity index (χ2n) is 40.2. The number of para-hydroxylation sites is 1. The fourth-order valence-electron chi connectivity index (χ4n) is 17.3. The maximum absolute atomic E-state index is 12.5. The number of benzene rings is 4. The molecular formula is C114H168N8O18S. The zero-order valence-electron chi connectivity index (χ0n) is 89.0. The molecule has 5 aliphatic rings. The zero-order valence-corrected chi connectivity index (χ0v) is 89.8. The molecule has 3 aliphatic heterocycles. The summed E-state index contributed by atoms with van der Waals surface area (Å²) in [6.45, 7) is 41.4. The maximum atomic E-state index is 12.5. The predicted molar refractivity (Wildman–Crippen MR) is 562 cm³/mol. The minimum absolute atomic E-state index is 0.0694. The third-order valence-corrected chi connectivity index (χ3v) is 28.0. The number of Topliss-reactive ketones (excluding diaryl/α,β-unsaturated/α-hetero) is 1. The lowest BCUT2D eigenvalue weighted by Gasteiger charge is -2.38. The number of carbonyl (C=O) groups excluding carboxylic acids is 7. The second-order valence-corrected chi connectivity index (χ2v) is 41.1. The van der Waals surface area contributed by atoms with Crippen molar-refractivity contribution >= 4 is 75.7 Å². The van der Waals surface area contributed by atoms with Gasteiger partial charge in [0, 0.05) is 62.9 Å². The fraction of sp³-hybridized carbons (Fsp3) is 0.570. The largest absolute Gasteiger partial charge is 0.504 e. The summed E-state index contributed by atoms with van der Waals surface area (Å²) in [5, 5.41) is 29.6. The molecule has 13 rings (SSSR count). The Kier molecular flexibility index (Phi) is 55.1. The van der Waals surface area contributed by atoms with E-state index in [2.05, 4.69) is 172 Å². The van der Waals surface area contributed by atoms with Crippen molar-refractivity contribution in [3.05, 3.63) is 208 Å². The Balaban J connectivity index is 0.000000282. The number of hydroxylamine groups is 2. The molecule has 26 nitrogen and oxygen atoms in total. The van der Waals surface area contributed by atoms with Crippen LogP contribution in [0.25, 0.3) is 10.9 Å². The maximum Gasteiger partial charge on any atom is 0.410 e. The number of hydrogen-bond donors (Lipinski definition) is 4. The molecule has 2 aliphatic carbocycles. The number of carboxylic acid groups (broad SMARTS) is 1. The van der Waals surface area contributed by atoms with Crippen molar-refractivity contribution < 1.29 is 86.6 Å². The van der Waals surface area contributed by atoms with Crippen molar-refractivity contribution in [3.8, 4) is 17.4 Å². The molecule has 6 atom stereocenters. The van der Waals surface area contributed by atoms with Crippen LogP contribution in [0.5, 0.6) is 17.4 Å². The molecule has 0 spiro atoms. The molecule has 0 radical (unpaired) electrons. The molecule has 27 heteroatoms. The lowest BCUT2D eigenvalue weighted by Crippen LogP contribution is -2.52. The van der Waals surface area contributed by atoms with Gasteiger partial charge in [0.05, 0.1) is 64.9 Å². The van der Waals surface area contributed by atoms with Crippen LogP contribution in [0, 0.1) is 71.0 Å². The number of piperidine rings is 3. The molecule has 3 amide bonds. The SMILES string of the molecule is CC(C)C1CCC(C(=O)O)N(C(=O)OCc2ccccc2)C1.CC(C)C1CCC(CC(=O)c2cccs2)CC1.CC(C)c1cnc2ccccc2c1.COC(=O)C1CCC(C(C)C)CN1C(=O)OCc1ccccc1.COC(=O)[C@@H]1CC[C@H](C(C)C)CN1.COC(=O)c1ccc(C(C)C)cn1.CON(C)C(=O)CC1CCC(C(C)C)CC1.COc1cc(C(C)C)ccc1O.COc1ccc(NC(C)C)cn1. The molecule has 0 bridgehead atoms. The van der Waals surface area contributed by atoms with E-state index < -0.39 is 36.2 Å². The van der Waals surface area contributed by atoms with E-state index in [0.717, 1.165) is 95.1 Å². The molecule has 3 saturated heterocycles. The first-order chi connectivity index (χ1) is 67.1. The summed E-state index contributed by atoms with van der Waals surface area (Å²) in [5.74, 6) is 8.98. The van der Waals surface area contributed by atoms with Crippen molar-refractivity contribution in [2.24, 2.45) is 71.0 Å². The van der Waals surface area contributed by atoms with Gasteiger partial charge in [0.2, 0.25) is 11.8 Å². The van der Waals surface area contributed by atoms with Crippen LogP contribution >= 0.6 is 11.3 Å². The molecule has 5 fully saturated rings. The van der Waals surface area contributed by atoms with Crippen LogP contribution in [-0.4, -0.2) is 181 Å². The number of nitrogens with zero attached hydrogens (tertiary/aromatic N) is 6. The number of amides is 3. The molecule has 778 valence electrons. The molecular weight excluding hydrogens is 1800 g/mol. The number of aromatic nitrogens is 3. The topological polar surface area (TPSA) is 323 Å². The summed E-state index contributed by atoms with van der Waals surface area (Å²) in [4.78, 5) is 115. The average molecular weight is 1970 g/mol. The fourth-order valence-corrected chi connectivity index (χ4v) is 17.9. The number of nitrogens with one attached hydrogen (secondary N) is 2. The molecule has 4 unspecified atom stereocenters. The lowest BCUT2D eigenvalue weighted by atomic mass is 9.75. The Labute approximate surface area is 846 Å². The first kappa shape index (κ1) is 120. The number of esters is 3. The number of fused-ring (bicyclic) bond motifs is 1. The second kappa shape index (κ2) is 64.5. The van der Waals surface area contributed by atoms with E-state index in [4.69, 9.17) is 28.5 Å². The first-order valence-electron chi connectivity index (χ1n) is 50.6. The van der Waals surface area contributed by atoms with E-state index in [1.54, 1.807) is 57.1 Å². The number of rotatable bonds is 26. The van der Waals surface area contributed by atoms with Crippen molar-refractivity contribution in [1.29, 1.82) is 0 Å². The number of likely N-dealkylation sites (tertiary alicyclic amines) is 2. The highest BCUT2D eigenvalue weighted by Gasteiger charge is 2.40. The van der Waals surface area contributed by atoms with E-state index in [0.29, 0.717) is 127 Å². The van der Waals surface area contributed by atoms with Gasteiger partial charge in [0.25, 0.3) is 0 Å². The number of methoxy groups -OCH3 is 5. The number of hydrogen-bond acceptors (Lipinski definition) is 23. The minimum Gasteiger partial charge on any atom is -0.504 e. The van der Waals surface area contributed by atoms with Crippen LogP contribution in [0.2, 0.25) is 0 Å². The van der Waals surface area contributed by atoms with E-state index in [-0.39, 0.29) is 42.9 Å². The van der Waals surface area contributed by atoms with E-state index >= 15 is 0 Å². The molecule has 4 N–H and O–H groups in total. The van der Waals surface area contributed by atoms with Gasteiger partial charge < -0.3 is 54.0 Å². The van der Waals surface area contributed by atoms with Crippen molar-refractivity contribution in [2.75, 3.05) is 74.7 Å². The van der Waals surface area contributed by atoms with Crippen molar-refractivity contribution in [2.45, 2.75) is 282 Å². The smallest absolute Gasteiger partial charge is 0.410 e. The number of aromatic hydroxyl groups is 1. The van der Waals surface area contributed by atoms with E-state index in [1.165, 1.54) is 111 Å². The van der Waals surface area contributed by atoms with Gasteiger partial charge in [0.1, 0.15) is 37.0 Å². The van der Waals surface area contributed by atoms with Gasteiger partial charge >= 0.3 is 36.1 Å². The number of phenols is 1. The molecule has 8 aromatic rings. The summed E-state index contributed by atoms with van der Waals surface area (Å²) < 4.78 is 34.7. The van der Waals surface area contributed by atoms with Gasteiger partial charge in [-0.2, -0.15) is 0 Å². The number of thiophene rings is 1. The number of aliphatic carboxylic acids is 1. The summed E-state index contributed by atoms with van der Waals surface area (Å²) in [5.41, 5.74) is 7.86. The Morgan fingerprint density at radius 3 is 1.39 bits per heavy atom. The van der Waals surface area contributed by atoms with Crippen LogP contribution < -0.4 is 20.1 Å². The van der Waals surface area contributed by atoms with Gasteiger partial charge in [-0.1, -0.05) is 208 Å². The molecule has 4 aromatic carbocycles. The number of carboxylic acids is 1. The average Bonchev–Trinajstić information content (AvgIpc) is 1.30. The van der Waals surface area contributed by atoms with Crippen molar-refractivity contribution in [1.82, 2.24) is 35.1 Å². The highest BCUT2D eigenvalue weighted by Crippen LogP contribution is 2.39. The summed E-state index contributed by atoms with van der Waals surface area (Å²) in [6, 6.07) is 45.1. The minimum atomic E-state index is -0.959. The number of ether oxygens (including phenoxy) is 7. The van der Waals surface area contributed by atoms with Gasteiger partial charge in [-0.25, -0.2) is 39.0 Å². The quantitative estimate of drug-likeness (QED) is 0.0169. The summed E-state index contributed by atoms with van der Waals surface area (Å²) >= 11 is 1.58. The number of phenolic OH excluding ortho intramolecular Hbond substituents is 1. The third-order valence-electron chi connectivity index (χ3n) is 27.1. The Morgan fingerprint density at radius 1 is 0.468 bits per heavy atom. The highest BCUT2D eigenvalue weighted by molar-refractivity contribution is 7.12. The lowest BCUT2D eigenvalue weighted by molar-refractivity contribution is -0.170. The normalized spacial score (nSPS) is 19.1. The van der Waals surface area contributed by atoms with Crippen LogP contribution in [0.3, 0.4) is 0 Å². The first-order valence-corrected chi connectivity index (χ1v) is 51.5. The van der Waals surface area contributed by atoms with Crippen molar-refractivity contribution in [3.63, 3.8) is 0 Å². The number of ketones is 1. The standard InChI is InChI=1S/C18H25NO4.C17H23NO4.C15H22OS.C13H25NO2.C12H13N.C10H19NO2.C10H13NO2.C10H14O2.C9H14N2O/c1-13(2)15-9-10-16(17(20)22-3)19(11-15)18(21)23-12-14-7-5-4-6-8-14;1-12(2)14-8-9-15(16(19)20)18(10-14)17(21)22-11-13-6-4-3-5-7-13;1-11(2)13-7-5-12(6-8-13)10-14(16)15-4-3-9-17-15;1-10(2)12-7-5-11(6-8-12)9-13(15)14(3)16-4;1-9(2)11-7-10-5-3-4-6-12(10)13-8-11;2*1-7(2)8-4-5-9(11-6-8)10(12)13-3;1-7(2)8-4-5-9(11)10(6-8)12-3;1-7(2)11-8-4-5-9(12-3)10-6-8/h4-8,13,15-16H,9-12H2,1-3H3;3-7,12,14-15H,8-11H2,1-2H3,(H,19,20);3-4,9,11-13H,5-8,10H2,1-2H3;10-12H,5-9H2,1-4H3;3-9H,1-2H3;7-9,11H,4-6H2,1-3H3;4-7H,1-3H3;2*4-7,11H,1-3H3/t;;;;;8-,9-;;;/m.....0.../s1. The Bertz CT molecular complexity index is 4900. The monoisotopic (exact) mass is 1970 g/mol. The van der Waals surface area contributed by atoms with Gasteiger partial charge in [-0.05, 0) is 275 Å².